The number of halogens is 3. The van der Waals surface area contributed by atoms with Gasteiger partial charge >= 0.3 is 6.18 Å². The van der Waals surface area contributed by atoms with E-state index in [1.807, 2.05) is 0 Å². The van der Waals surface area contributed by atoms with Crippen molar-refractivity contribution in [2.24, 2.45) is 0 Å². The van der Waals surface area contributed by atoms with Crippen molar-refractivity contribution in [2.75, 3.05) is 0 Å². The highest BCUT2D eigenvalue weighted by atomic mass is 32.2. The molecular formula is C16H14F3NO3S. The van der Waals surface area contributed by atoms with Crippen LogP contribution >= 0.6 is 0 Å². The van der Waals surface area contributed by atoms with Gasteiger partial charge in [0.1, 0.15) is 0 Å². The molecule has 0 spiro atoms. The Morgan fingerprint density at radius 1 is 1.00 bits per heavy atom. The van der Waals surface area contributed by atoms with Gasteiger partial charge in [0, 0.05) is 0 Å². The number of aryl methyl sites for hydroxylation is 1. The van der Waals surface area contributed by atoms with Gasteiger partial charge in [0.25, 0.3) is 0 Å². The number of carbonyl (C=O) groups is 1. The van der Waals surface area contributed by atoms with Crippen molar-refractivity contribution in [3.63, 3.8) is 0 Å². The summed E-state index contributed by atoms with van der Waals surface area (Å²) in [4.78, 5) is 10.8. The minimum atomic E-state index is -4.53. The van der Waals surface area contributed by atoms with E-state index in [4.69, 9.17) is 0 Å². The standard InChI is InChI=1S/C16H14F3NO3S/c1-11-2-8-14(9-3-11)24(22,23)15(20-10-21)12-4-6-13(7-5-12)16(17,18)19/h2-10,15H,1H3,(H,20,21). The number of carbonyl (C=O) groups excluding carboxylic acids is 1. The molecule has 2 aromatic carbocycles. The van der Waals surface area contributed by atoms with Crippen LogP contribution in [-0.4, -0.2) is 14.8 Å². The molecule has 1 N–H and O–H groups in total. The summed E-state index contributed by atoms with van der Waals surface area (Å²) in [6, 6.07) is 9.59. The Balaban J connectivity index is 2.45. The maximum Gasteiger partial charge on any atom is 0.416 e. The lowest BCUT2D eigenvalue weighted by molar-refractivity contribution is -0.137. The molecule has 0 radical (unpaired) electrons. The molecule has 24 heavy (non-hydrogen) atoms. The van der Waals surface area contributed by atoms with Crippen molar-refractivity contribution in [1.82, 2.24) is 5.32 Å². The van der Waals surface area contributed by atoms with E-state index in [2.05, 4.69) is 5.32 Å². The first kappa shape index (κ1) is 18.0. The molecule has 2 aromatic rings. The first-order valence-electron chi connectivity index (χ1n) is 6.83. The fraction of sp³-hybridized carbons (Fsp3) is 0.188. The largest absolute Gasteiger partial charge is 0.416 e. The van der Waals surface area contributed by atoms with E-state index in [1.165, 1.54) is 12.1 Å². The van der Waals surface area contributed by atoms with Crippen molar-refractivity contribution in [3.8, 4) is 0 Å². The molecule has 8 heteroatoms. The Bertz CT molecular complexity index is 813. The van der Waals surface area contributed by atoms with Crippen LogP contribution in [0.1, 0.15) is 22.1 Å². The summed E-state index contributed by atoms with van der Waals surface area (Å²) in [5, 5.41) is 0.688. The maximum atomic E-state index is 12.7. The van der Waals surface area contributed by atoms with E-state index in [-0.39, 0.29) is 16.9 Å². The predicted octanol–water partition coefficient (Wildman–Crippen LogP) is 3.23. The fourth-order valence-corrected chi connectivity index (χ4v) is 3.68. The van der Waals surface area contributed by atoms with E-state index in [0.717, 1.165) is 29.8 Å². The lowest BCUT2D eigenvalue weighted by Crippen LogP contribution is -2.28. The topological polar surface area (TPSA) is 63.2 Å². The van der Waals surface area contributed by atoms with E-state index >= 15 is 0 Å². The van der Waals surface area contributed by atoms with Gasteiger partial charge in [-0.05, 0) is 36.8 Å². The molecule has 128 valence electrons. The Morgan fingerprint density at radius 3 is 2.00 bits per heavy atom. The molecule has 0 saturated carbocycles. The summed E-state index contributed by atoms with van der Waals surface area (Å²) < 4.78 is 63.2. The van der Waals surface area contributed by atoms with Crippen LogP contribution in [0.2, 0.25) is 0 Å². The number of rotatable bonds is 5. The molecule has 0 aromatic heterocycles. The van der Waals surface area contributed by atoms with E-state index < -0.39 is 27.0 Å². The molecule has 0 bridgehead atoms. The summed E-state index contributed by atoms with van der Waals surface area (Å²) in [5.74, 6) is 0. The molecule has 2 rings (SSSR count). The van der Waals surface area contributed by atoms with Crippen LogP contribution in [0.4, 0.5) is 13.2 Å². The SMILES string of the molecule is Cc1ccc(S(=O)(=O)C(NC=O)c2ccc(C(F)(F)F)cc2)cc1. The van der Waals surface area contributed by atoms with Crippen LogP contribution in [-0.2, 0) is 20.8 Å². The highest BCUT2D eigenvalue weighted by Crippen LogP contribution is 2.32. The summed E-state index contributed by atoms with van der Waals surface area (Å²) in [7, 11) is -4.00. The van der Waals surface area contributed by atoms with Gasteiger partial charge in [-0.3, -0.25) is 4.79 Å². The molecule has 0 aliphatic carbocycles. The van der Waals surface area contributed by atoms with E-state index in [9.17, 15) is 26.4 Å². The van der Waals surface area contributed by atoms with E-state index in [1.54, 1.807) is 19.1 Å². The Morgan fingerprint density at radius 2 is 1.54 bits per heavy atom. The molecule has 1 unspecified atom stereocenters. The number of sulfone groups is 1. The van der Waals surface area contributed by atoms with E-state index in [0.29, 0.717) is 0 Å². The second-order valence-electron chi connectivity index (χ2n) is 5.14. The lowest BCUT2D eigenvalue weighted by atomic mass is 10.1. The molecule has 0 aliphatic rings. The van der Waals surface area contributed by atoms with Gasteiger partial charge in [0.05, 0.1) is 10.5 Å². The molecule has 1 atom stereocenters. The monoisotopic (exact) mass is 357 g/mol. The van der Waals surface area contributed by atoms with Gasteiger partial charge < -0.3 is 5.32 Å². The van der Waals surface area contributed by atoms with Crippen LogP contribution in [0.15, 0.2) is 53.4 Å². The van der Waals surface area contributed by atoms with Gasteiger partial charge in [-0.25, -0.2) is 8.42 Å². The molecule has 1 amide bonds. The Kier molecular flexibility index (Phi) is 4.98. The number of hydrogen-bond acceptors (Lipinski definition) is 3. The third-order valence-electron chi connectivity index (χ3n) is 3.42. The first-order valence-corrected chi connectivity index (χ1v) is 8.38. The highest BCUT2D eigenvalue weighted by Gasteiger charge is 2.32. The van der Waals surface area contributed by atoms with Crippen LogP contribution in [0, 0.1) is 6.92 Å². The zero-order chi connectivity index (χ0) is 18.0. The van der Waals surface area contributed by atoms with Gasteiger partial charge in [-0.15, -0.1) is 0 Å². The van der Waals surface area contributed by atoms with Gasteiger partial charge in [-0.2, -0.15) is 13.2 Å². The van der Waals surface area contributed by atoms with Crippen LogP contribution in [0.5, 0.6) is 0 Å². The number of alkyl halides is 3. The fourth-order valence-electron chi connectivity index (χ4n) is 2.14. The van der Waals surface area contributed by atoms with Crippen LogP contribution in [0.25, 0.3) is 0 Å². The smallest absolute Gasteiger partial charge is 0.338 e. The van der Waals surface area contributed by atoms with Crippen molar-refractivity contribution in [2.45, 2.75) is 23.4 Å². The predicted molar refractivity (Wildman–Crippen MR) is 81.7 cm³/mol. The Hall–Kier alpha value is -2.35. The molecule has 0 saturated heterocycles. The summed E-state index contributed by atoms with van der Waals surface area (Å²) in [6.07, 6.45) is -4.32. The quantitative estimate of drug-likeness (QED) is 0.836. The van der Waals surface area contributed by atoms with Crippen molar-refractivity contribution < 1.29 is 26.4 Å². The molecular weight excluding hydrogens is 343 g/mol. The Labute approximate surface area is 137 Å². The van der Waals surface area contributed by atoms with Crippen LogP contribution in [0.3, 0.4) is 0 Å². The zero-order valence-electron chi connectivity index (χ0n) is 12.5. The van der Waals surface area contributed by atoms with Crippen molar-refractivity contribution in [1.29, 1.82) is 0 Å². The number of nitrogens with one attached hydrogen (secondary N) is 1. The summed E-state index contributed by atoms with van der Waals surface area (Å²) in [5.41, 5.74) is -0.0112. The summed E-state index contributed by atoms with van der Waals surface area (Å²) >= 11 is 0. The third-order valence-corrected chi connectivity index (χ3v) is 5.38. The van der Waals surface area contributed by atoms with Gasteiger partial charge in [0.15, 0.2) is 5.37 Å². The second-order valence-corrected chi connectivity index (χ2v) is 7.18. The number of benzene rings is 2. The zero-order valence-corrected chi connectivity index (χ0v) is 13.4. The van der Waals surface area contributed by atoms with Gasteiger partial charge in [-0.1, -0.05) is 29.8 Å². The molecule has 0 aliphatic heterocycles. The molecule has 4 nitrogen and oxygen atoms in total. The number of hydrogen-bond donors (Lipinski definition) is 1. The maximum absolute atomic E-state index is 12.7. The average Bonchev–Trinajstić information content (AvgIpc) is 2.52. The normalized spacial score (nSPS) is 13.3. The van der Waals surface area contributed by atoms with Gasteiger partial charge in [0.2, 0.25) is 16.2 Å². The van der Waals surface area contributed by atoms with Crippen LogP contribution < -0.4 is 5.32 Å². The minimum Gasteiger partial charge on any atom is -0.338 e. The lowest BCUT2D eigenvalue weighted by Gasteiger charge is -2.18. The van der Waals surface area contributed by atoms with Crippen molar-refractivity contribution in [3.05, 3.63) is 65.2 Å². The molecule has 0 fully saturated rings. The van der Waals surface area contributed by atoms with Crippen molar-refractivity contribution >= 4 is 16.2 Å². The minimum absolute atomic E-state index is 0.0349. The first-order chi connectivity index (χ1) is 11.2. The highest BCUT2D eigenvalue weighted by molar-refractivity contribution is 7.91. The second kappa shape index (κ2) is 6.64. The molecule has 0 heterocycles. The number of amides is 1. The summed E-state index contributed by atoms with van der Waals surface area (Å²) in [6.45, 7) is 1.79. The third kappa shape index (κ3) is 3.76. The average molecular weight is 357 g/mol.